The maximum atomic E-state index is 11.7. The third-order valence-electron chi connectivity index (χ3n) is 3.40. The van der Waals surface area contributed by atoms with Gasteiger partial charge in [0, 0.05) is 7.26 Å². The largest absolute Gasteiger partial charge is 0.465 e. The van der Waals surface area contributed by atoms with Crippen LogP contribution in [0.15, 0.2) is 24.3 Å². The van der Waals surface area contributed by atoms with Gasteiger partial charge in [-0.25, -0.2) is 0 Å². The number of hydrogen-bond donors (Lipinski definition) is 0. The van der Waals surface area contributed by atoms with Crippen molar-refractivity contribution in [3.8, 4) is 0 Å². The molecule has 1 aromatic carbocycles. The Labute approximate surface area is 130 Å². The van der Waals surface area contributed by atoms with E-state index in [0.717, 1.165) is 19.3 Å². The van der Waals surface area contributed by atoms with Crippen molar-refractivity contribution in [3.05, 3.63) is 29.8 Å². The lowest BCUT2D eigenvalue weighted by molar-refractivity contribution is -0.153. The minimum atomic E-state index is -0.984. The molecule has 0 aliphatic carbocycles. The molecule has 0 unspecified atom stereocenters. The summed E-state index contributed by atoms with van der Waals surface area (Å²) in [6, 6.07) is 8.76. The Morgan fingerprint density at radius 3 is 2.29 bits per heavy atom. The predicted octanol–water partition coefficient (Wildman–Crippen LogP) is 4.13. The van der Waals surface area contributed by atoms with E-state index in [1.165, 1.54) is 10.9 Å². The highest BCUT2D eigenvalue weighted by molar-refractivity contribution is 7.81. The van der Waals surface area contributed by atoms with Crippen molar-refractivity contribution in [2.45, 2.75) is 40.0 Å². The molecule has 0 aromatic heterocycles. The van der Waals surface area contributed by atoms with Crippen molar-refractivity contribution in [1.29, 1.82) is 0 Å². The first-order valence-electron chi connectivity index (χ1n) is 7.69. The summed E-state index contributed by atoms with van der Waals surface area (Å²) in [5.74, 6) is -0.108. The Kier molecular flexibility index (Phi) is 6.41. The molecule has 0 spiro atoms. The highest BCUT2D eigenvalue weighted by Gasteiger charge is 2.24. The summed E-state index contributed by atoms with van der Waals surface area (Å²) in [5, 5.41) is 1.52. The highest BCUT2D eigenvalue weighted by Crippen LogP contribution is 2.46. The van der Waals surface area contributed by atoms with Gasteiger partial charge >= 0.3 is 5.97 Å². The molecule has 0 atom stereocenters. The summed E-state index contributed by atoms with van der Waals surface area (Å²) in [7, 11) is -0.984. The molecule has 0 N–H and O–H groups in total. The molecule has 0 saturated heterocycles. The van der Waals surface area contributed by atoms with Crippen molar-refractivity contribution in [2.24, 2.45) is 5.41 Å². The van der Waals surface area contributed by atoms with E-state index < -0.39 is 12.7 Å². The smallest absolute Gasteiger partial charge is 0.311 e. The van der Waals surface area contributed by atoms with Crippen LogP contribution in [0.25, 0.3) is 0 Å². The monoisotopic (exact) mass is 309 g/mol. The molecule has 2 nitrogen and oxygen atoms in total. The van der Waals surface area contributed by atoms with Gasteiger partial charge in [-0.05, 0) is 51.7 Å². The van der Waals surface area contributed by atoms with Gasteiger partial charge in [0.1, 0.15) is 0 Å². The van der Waals surface area contributed by atoms with Crippen molar-refractivity contribution < 1.29 is 9.53 Å². The van der Waals surface area contributed by atoms with E-state index in [2.05, 4.69) is 44.3 Å². The Balaban J connectivity index is 2.43. The normalized spacial score (nSPS) is 12.3. The number of carbonyl (C=O) groups excluding carboxylic acids is 1. The maximum absolute atomic E-state index is 11.7. The first kappa shape index (κ1) is 18.2. The van der Waals surface area contributed by atoms with E-state index >= 15 is 0 Å². The molecule has 21 heavy (non-hydrogen) atoms. The second kappa shape index (κ2) is 7.40. The van der Waals surface area contributed by atoms with Crippen LogP contribution in [0.3, 0.4) is 0 Å². The molecule has 1 rings (SSSR count). The van der Waals surface area contributed by atoms with E-state index in [-0.39, 0.29) is 5.97 Å². The van der Waals surface area contributed by atoms with E-state index in [1.54, 1.807) is 0 Å². The van der Waals surface area contributed by atoms with Gasteiger partial charge in [0.05, 0.1) is 37.3 Å². The topological polar surface area (TPSA) is 26.3 Å². The number of aryl methyl sites for hydroxylation is 1. The molecule has 0 aliphatic rings. The van der Waals surface area contributed by atoms with E-state index in [1.807, 2.05) is 20.8 Å². The molecular formula is C18H30O2P+. The third kappa shape index (κ3) is 6.18. The second-order valence-electron chi connectivity index (χ2n) is 7.48. The van der Waals surface area contributed by atoms with Crippen LogP contribution in [0.1, 0.15) is 39.2 Å². The second-order valence-corrected chi connectivity index (χ2v) is 12.0. The SMILES string of the molecule is CC(C)(C)C(=O)OCCCCc1ccccc1[P+](C)(C)C. The van der Waals surface area contributed by atoms with Gasteiger partial charge in [-0.15, -0.1) is 0 Å². The molecule has 3 heteroatoms. The first-order chi connectivity index (χ1) is 9.62. The highest BCUT2D eigenvalue weighted by atomic mass is 31.2. The van der Waals surface area contributed by atoms with Gasteiger partial charge in [0.2, 0.25) is 0 Å². The average molecular weight is 309 g/mol. The van der Waals surface area contributed by atoms with Crippen molar-refractivity contribution in [1.82, 2.24) is 0 Å². The minimum Gasteiger partial charge on any atom is -0.465 e. The Morgan fingerprint density at radius 1 is 1.10 bits per heavy atom. The van der Waals surface area contributed by atoms with Crippen LogP contribution in [0, 0.1) is 5.41 Å². The average Bonchev–Trinajstić information content (AvgIpc) is 2.36. The number of unbranched alkanes of at least 4 members (excludes halogenated alkanes) is 1. The standard InChI is InChI=1S/C18H30O2P/c1-18(2,3)17(19)20-14-10-9-12-15-11-7-8-13-16(15)21(4,5)6/h7-8,11,13H,9-10,12,14H2,1-6H3/q+1. The van der Waals surface area contributed by atoms with Crippen LogP contribution in [0.4, 0.5) is 0 Å². The van der Waals surface area contributed by atoms with Gasteiger partial charge in [-0.3, -0.25) is 4.79 Å². The fourth-order valence-corrected chi connectivity index (χ4v) is 3.76. The zero-order chi connectivity index (χ0) is 16.1. The number of carbonyl (C=O) groups is 1. The zero-order valence-corrected chi connectivity index (χ0v) is 15.3. The van der Waals surface area contributed by atoms with E-state index in [9.17, 15) is 4.79 Å². The summed E-state index contributed by atoms with van der Waals surface area (Å²) in [6.07, 6.45) is 3.06. The van der Waals surface area contributed by atoms with E-state index in [4.69, 9.17) is 4.74 Å². The van der Waals surface area contributed by atoms with Gasteiger partial charge in [-0.2, -0.15) is 0 Å². The van der Waals surface area contributed by atoms with E-state index in [0.29, 0.717) is 6.61 Å². The fourth-order valence-electron chi connectivity index (χ4n) is 2.18. The summed E-state index contributed by atoms with van der Waals surface area (Å²) < 4.78 is 5.31. The lowest BCUT2D eigenvalue weighted by Gasteiger charge is -2.17. The van der Waals surface area contributed by atoms with Crippen LogP contribution in [-0.4, -0.2) is 32.6 Å². The van der Waals surface area contributed by atoms with Crippen molar-refractivity contribution in [2.75, 3.05) is 26.6 Å². The molecule has 0 heterocycles. The van der Waals surface area contributed by atoms with Crippen molar-refractivity contribution >= 4 is 18.5 Å². The first-order valence-corrected chi connectivity index (χ1v) is 10.8. The third-order valence-corrected chi connectivity index (χ3v) is 5.28. The van der Waals surface area contributed by atoms with Crippen LogP contribution < -0.4 is 5.30 Å². The van der Waals surface area contributed by atoms with Crippen molar-refractivity contribution in [3.63, 3.8) is 0 Å². The number of rotatable bonds is 6. The molecule has 0 radical (unpaired) electrons. The molecule has 0 saturated carbocycles. The molecule has 0 fully saturated rings. The molecule has 0 aliphatic heterocycles. The Morgan fingerprint density at radius 2 is 1.71 bits per heavy atom. The number of ether oxygens (including phenoxy) is 1. The predicted molar refractivity (Wildman–Crippen MR) is 94.1 cm³/mol. The molecule has 0 bridgehead atoms. The van der Waals surface area contributed by atoms with Crippen LogP contribution in [-0.2, 0) is 16.0 Å². The van der Waals surface area contributed by atoms with Crippen LogP contribution in [0.2, 0.25) is 0 Å². The zero-order valence-electron chi connectivity index (χ0n) is 14.4. The molecule has 118 valence electrons. The lowest BCUT2D eigenvalue weighted by Crippen LogP contribution is -2.23. The Hall–Kier alpha value is -0.880. The summed E-state index contributed by atoms with van der Waals surface area (Å²) in [6.45, 7) is 13.3. The minimum absolute atomic E-state index is 0.108. The number of esters is 1. The maximum Gasteiger partial charge on any atom is 0.311 e. The van der Waals surface area contributed by atoms with Gasteiger partial charge in [0.25, 0.3) is 0 Å². The number of benzene rings is 1. The summed E-state index contributed by atoms with van der Waals surface area (Å²) in [4.78, 5) is 11.7. The van der Waals surface area contributed by atoms with Crippen LogP contribution >= 0.6 is 7.26 Å². The van der Waals surface area contributed by atoms with Gasteiger partial charge < -0.3 is 4.74 Å². The molecule has 0 amide bonds. The van der Waals surface area contributed by atoms with Gasteiger partial charge in [-0.1, -0.05) is 18.2 Å². The summed E-state index contributed by atoms with van der Waals surface area (Å²) in [5.41, 5.74) is 1.06. The summed E-state index contributed by atoms with van der Waals surface area (Å²) >= 11 is 0. The fraction of sp³-hybridized carbons (Fsp3) is 0.611. The van der Waals surface area contributed by atoms with Gasteiger partial charge in [0.15, 0.2) is 0 Å². The quantitative estimate of drug-likeness (QED) is 0.449. The van der Waals surface area contributed by atoms with Crippen LogP contribution in [0.5, 0.6) is 0 Å². The lowest BCUT2D eigenvalue weighted by atomic mass is 9.97. The Bertz CT molecular complexity index is 467. The molecular weight excluding hydrogens is 279 g/mol. The number of hydrogen-bond acceptors (Lipinski definition) is 2. The molecule has 1 aromatic rings.